The highest BCUT2D eigenvalue weighted by molar-refractivity contribution is 7.80. The summed E-state index contributed by atoms with van der Waals surface area (Å²) in [6, 6.07) is 7.70. The summed E-state index contributed by atoms with van der Waals surface area (Å²) in [5.74, 6) is 0.841. The third-order valence-electron chi connectivity index (χ3n) is 1.85. The van der Waals surface area contributed by atoms with Crippen molar-refractivity contribution >= 4 is 12.6 Å². The Morgan fingerprint density at radius 3 is 2.69 bits per heavy atom. The largest absolute Gasteiger partial charge is 0.492 e. The summed E-state index contributed by atoms with van der Waals surface area (Å²) < 4.78 is 5.53. The molecule has 0 aliphatic heterocycles. The SMILES string of the molecule is CCCCCOc1ccccc1[S]. The molecule has 0 aliphatic carbocycles. The van der Waals surface area contributed by atoms with Gasteiger partial charge in [0.15, 0.2) is 0 Å². The van der Waals surface area contributed by atoms with E-state index in [1.54, 1.807) is 0 Å². The minimum Gasteiger partial charge on any atom is -0.492 e. The number of benzene rings is 1. The molecule has 0 aromatic heterocycles. The van der Waals surface area contributed by atoms with Crippen LogP contribution >= 0.6 is 12.6 Å². The first-order chi connectivity index (χ1) is 6.34. The van der Waals surface area contributed by atoms with Crippen molar-refractivity contribution in [1.82, 2.24) is 0 Å². The Morgan fingerprint density at radius 2 is 2.00 bits per heavy atom. The normalized spacial score (nSPS) is 9.92. The zero-order valence-electron chi connectivity index (χ0n) is 7.95. The average molecular weight is 195 g/mol. The number of hydrogen-bond donors (Lipinski definition) is 0. The first-order valence-corrected chi connectivity index (χ1v) is 5.14. The van der Waals surface area contributed by atoms with Crippen LogP contribution in [0, 0.1) is 0 Å². The van der Waals surface area contributed by atoms with E-state index in [9.17, 15) is 0 Å². The van der Waals surface area contributed by atoms with E-state index in [4.69, 9.17) is 17.4 Å². The molecule has 0 saturated heterocycles. The maximum atomic E-state index is 5.53. The van der Waals surface area contributed by atoms with Gasteiger partial charge in [0.1, 0.15) is 5.75 Å². The first-order valence-electron chi connectivity index (χ1n) is 4.73. The van der Waals surface area contributed by atoms with Crippen molar-refractivity contribution in [2.24, 2.45) is 0 Å². The predicted molar refractivity (Wildman–Crippen MR) is 57.3 cm³/mol. The van der Waals surface area contributed by atoms with E-state index in [0.717, 1.165) is 23.7 Å². The molecule has 0 atom stereocenters. The van der Waals surface area contributed by atoms with Crippen LogP contribution in [0.3, 0.4) is 0 Å². The van der Waals surface area contributed by atoms with Gasteiger partial charge in [-0.25, -0.2) is 0 Å². The average Bonchev–Trinajstić information content (AvgIpc) is 2.15. The number of ether oxygens (including phenoxy) is 1. The van der Waals surface area contributed by atoms with E-state index in [0.29, 0.717) is 0 Å². The van der Waals surface area contributed by atoms with Gasteiger partial charge in [-0.1, -0.05) is 44.5 Å². The number of para-hydroxylation sites is 1. The molecule has 1 aromatic carbocycles. The second-order valence-corrected chi connectivity index (χ2v) is 3.44. The molecule has 0 N–H and O–H groups in total. The molecular formula is C11H15OS. The molecule has 0 spiro atoms. The lowest BCUT2D eigenvalue weighted by molar-refractivity contribution is 0.299. The van der Waals surface area contributed by atoms with Crippen molar-refractivity contribution in [3.05, 3.63) is 24.3 Å². The van der Waals surface area contributed by atoms with E-state index < -0.39 is 0 Å². The summed E-state index contributed by atoms with van der Waals surface area (Å²) in [7, 11) is 0. The van der Waals surface area contributed by atoms with Crippen LogP contribution in [0.2, 0.25) is 0 Å². The van der Waals surface area contributed by atoms with Crippen LogP contribution in [0.1, 0.15) is 26.2 Å². The third-order valence-corrected chi connectivity index (χ3v) is 2.19. The molecule has 0 saturated carbocycles. The molecule has 0 unspecified atom stereocenters. The second kappa shape index (κ2) is 5.81. The highest BCUT2D eigenvalue weighted by Crippen LogP contribution is 2.21. The monoisotopic (exact) mass is 195 g/mol. The van der Waals surface area contributed by atoms with E-state index in [1.165, 1.54) is 12.8 Å². The predicted octanol–water partition coefficient (Wildman–Crippen LogP) is 3.81. The molecule has 0 amide bonds. The Hall–Kier alpha value is -0.760. The maximum absolute atomic E-state index is 5.53. The standard InChI is InChI=1S/C11H15OS/c1-2-3-6-9-12-10-7-4-5-8-11(10)13/h4-5,7-8H,2-3,6,9H2,1H3. The number of unbranched alkanes of at least 4 members (excludes halogenated alkanes) is 2. The van der Waals surface area contributed by atoms with Crippen molar-refractivity contribution in [1.29, 1.82) is 0 Å². The van der Waals surface area contributed by atoms with E-state index in [2.05, 4.69) is 6.92 Å². The molecule has 0 bridgehead atoms. The van der Waals surface area contributed by atoms with Crippen LogP contribution < -0.4 is 4.74 Å². The maximum Gasteiger partial charge on any atom is 0.137 e. The Morgan fingerprint density at radius 1 is 1.23 bits per heavy atom. The first kappa shape index (κ1) is 10.3. The van der Waals surface area contributed by atoms with Crippen LogP contribution in [-0.2, 0) is 0 Å². The lowest BCUT2D eigenvalue weighted by Gasteiger charge is -2.06. The van der Waals surface area contributed by atoms with Crippen molar-refractivity contribution < 1.29 is 4.74 Å². The van der Waals surface area contributed by atoms with Gasteiger partial charge >= 0.3 is 0 Å². The van der Waals surface area contributed by atoms with Crippen molar-refractivity contribution in [2.45, 2.75) is 31.1 Å². The molecule has 1 aromatic rings. The zero-order chi connectivity index (χ0) is 9.52. The summed E-state index contributed by atoms with van der Waals surface area (Å²) >= 11 is 5.10. The summed E-state index contributed by atoms with van der Waals surface area (Å²) in [5, 5.41) is 0. The third kappa shape index (κ3) is 3.64. The van der Waals surface area contributed by atoms with Gasteiger partial charge in [0.2, 0.25) is 0 Å². The highest BCUT2D eigenvalue weighted by Gasteiger charge is 1.97. The lowest BCUT2D eigenvalue weighted by atomic mass is 10.3. The summed E-state index contributed by atoms with van der Waals surface area (Å²) in [6.45, 7) is 2.96. The van der Waals surface area contributed by atoms with Gasteiger partial charge in [0, 0.05) is 0 Å². The van der Waals surface area contributed by atoms with Gasteiger partial charge < -0.3 is 4.74 Å². The van der Waals surface area contributed by atoms with E-state index in [-0.39, 0.29) is 0 Å². The smallest absolute Gasteiger partial charge is 0.137 e. The zero-order valence-corrected chi connectivity index (χ0v) is 8.77. The Kier molecular flexibility index (Phi) is 4.61. The fraction of sp³-hybridized carbons (Fsp3) is 0.455. The molecule has 1 radical (unpaired) electrons. The molecule has 0 fully saturated rings. The molecule has 0 aliphatic rings. The van der Waals surface area contributed by atoms with Crippen molar-refractivity contribution in [3.8, 4) is 5.75 Å². The number of rotatable bonds is 5. The van der Waals surface area contributed by atoms with Crippen molar-refractivity contribution in [3.63, 3.8) is 0 Å². The summed E-state index contributed by atoms with van der Waals surface area (Å²) in [6.07, 6.45) is 3.55. The van der Waals surface area contributed by atoms with Crippen LogP contribution in [0.5, 0.6) is 5.75 Å². The second-order valence-electron chi connectivity index (χ2n) is 3.00. The van der Waals surface area contributed by atoms with Crippen molar-refractivity contribution in [2.75, 3.05) is 6.61 Å². The minimum atomic E-state index is 0.779. The van der Waals surface area contributed by atoms with Crippen LogP contribution in [0.15, 0.2) is 29.2 Å². The van der Waals surface area contributed by atoms with Gasteiger partial charge in [-0.15, -0.1) is 0 Å². The summed E-state index contributed by atoms with van der Waals surface area (Å²) in [5.41, 5.74) is 0. The van der Waals surface area contributed by atoms with Gasteiger partial charge in [-0.05, 0) is 18.6 Å². The molecule has 1 rings (SSSR count). The van der Waals surface area contributed by atoms with Crippen LogP contribution in [0.4, 0.5) is 0 Å². The molecule has 1 nitrogen and oxygen atoms in total. The molecule has 2 heteroatoms. The topological polar surface area (TPSA) is 9.23 Å². The molecule has 13 heavy (non-hydrogen) atoms. The highest BCUT2D eigenvalue weighted by atomic mass is 32.1. The molecular weight excluding hydrogens is 180 g/mol. The Balaban J connectivity index is 2.32. The van der Waals surface area contributed by atoms with Gasteiger partial charge in [0.25, 0.3) is 0 Å². The summed E-state index contributed by atoms with van der Waals surface area (Å²) in [4.78, 5) is 0.805. The Labute approximate surface area is 85.5 Å². The quantitative estimate of drug-likeness (QED) is 0.649. The van der Waals surface area contributed by atoms with E-state index in [1.807, 2.05) is 24.3 Å². The minimum absolute atomic E-state index is 0.779. The van der Waals surface area contributed by atoms with Gasteiger partial charge in [-0.3, -0.25) is 0 Å². The van der Waals surface area contributed by atoms with Crippen LogP contribution in [-0.4, -0.2) is 6.61 Å². The lowest BCUT2D eigenvalue weighted by Crippen LogP contribution is -1.97. The molecule has 0 heterocycles. The molecule has 71 valence electrons. The van der Waals surface area contributed by atoms with Gasteiger partial charge in [0.05, 0.1) is 11.5 Å². The van der Waals surface area contributed by atoms with Gasteiger partial charge in [-0.2, -0.15) is 0 Å². The Bertz CT molecular complexity index is 248. The van der Waals surface area contributed by atoms with Crippen LogP contribution in [0.25, 0.3) is 0 Å². The fourth-order valence-corrected chi connectivity index (χ4v) is 1.31. The fourth-order valence-electron chi connectivity index (χ4n) is 1.10. The number of hydrogen-bond acceptors (Lipinski definition) is 1. The van der Waals surface area contributed by atoms with E-state index >= 15 is 0 Å².